The van der Waals surface area contributed by atoms with E-state index in [-0.39, 0.29) is 5.41 Å². The Morgan fingerprint density at radius 2 is 1.72 bits per heavy atom. The minimum absolute atomic E-state index is 0.0148. The van der Waals surface area contributed by atoms with Gasteiger partial charge in [0.1, 0.15) is 12.4 Å². The molecule has 0 N–H and O–H groups in total. The molecule has 4 rings (SSSR count). The van der Waals surface area contributed by atoms with Crippen molar-refractivity contribution in [1.82, 2.24) is 0 Å². The van der Waals surface area contributed by atoms with Gasteiger partial charge in [-0.3, -0.25) is 0 Å². The third kappa shape index (κ3) is 2.55. The molecule has 2 aliphatic heterocycles. The smallest absolute Gasteiger partial charge is 0.209 e. The third-order valence-electron chi connectivity index (χ3n) is 5.31. The summed E-state index contributed by atoms with van der Waals surface area (Å²) in [4.78, 5) is 2.11. The minimum Gasteiger partial charge on any atom is -0.486 e. The molecular formula is C22H25N2O+. The summed E-state index contributed by atoms with van der Waals surface area (Å²) in [5.74, 6) is 0.962. The van der Waals surface area contributed by atoms with Crippen LogP contribution in [0.25, 0.3) is 5.76 Å². The molecule has 25 heavy (non-hydrogen) atoms. The number of para-hydroxylation sites is 1. The first-order chi connectivity index (χ1) is 12.0. The Bertz CT molecular complexity index is 873. The zero-order valence-electron chi connectivity index (χ0n) is 15.4. The molecule has 0 saturated heterocycles. The lowest BCUT2D eigenvalue weighted by Gasteiger charge is -2.16. The molecule has 0 atom stereocenters. The molecule has 0 spiro atoms. The zero-order chi connectivity index (χ0) is 17.6. The van der Waals surface area contributed by atoms with E-state index in [9.17, 15) is 0 Å². The highest BCUT2D eigenvalue weighted by atomic mass is 16.5. The summed E-state index contributed by atoms with van der Waals surface area (Å²) in [6.45, 7) is 6.17. The number of hydrogen-bond acceptors (Lipinski definition) is 2. The molecule has 0 bridgehead atoms. The Labute approximate surface area is 149 Å². The summed E-state index contributed by atoms with van der Waals surface area (Å²) in [7, 11) is 4.12. The predicted molar refractivity (Wildman–Crippen MR) is 104 cm³/mol. The lowest BCUT2D eigenvalue weighted by atomic mass is 9.81. The fraction of sp³-hybridized carbons (Fsp3) is 0.318. The average Bonchev–Trinajstić information content (AvgIpc) is 2.77. The van der Waals surface area contributed by atoms with Crippen LogP contribution in [0.3, 0.4) is 0 Å². The van der Waals surface area contributed by atoms with Crippen molar-refractivity contribution in [2.75, 3.05) is 32.1 Å². The Morgan fingerprint density at radius 1 is 1.00 bits per heavy atom. The molecule has 0 fully saturated rings. The molecule has 2 aromatic rings. The standard InChI is InChI=1S/C22H25N2O/c1-22(2)18-7-5-6-8-19(18)24-13-14-25-20(15-21(22)24)16-9-11-17(12-10-16)23(3)4/h5-12,15H,13-14H2,1-4H3/q+1. The van der Waals surface area contributed by atoms with Crippen molar-refractivity contribution in [1.29, 1.82) is 0 Å². The predicted octanol–water partition coefficient (Wildman–Crippen LogP) is 4.20. The van der Waals surface area contributed by atoms with E-state index in [1.807, 2.05) is 0 Å². The van der Waals surface area contributed by atoms with Crippen molar-refractivity contribution in [2.24, 2.45) is 0 Å². The van der Waals surface area contributed by atoms with E-state index in [1.165, 1.54) is 22.6 Å². The Morgan fingerprint density at radius 3 is 2.44 bits per heavy atom. The van der Waals surface area contributed by atoms with E-state index >= 15 is 0 Å². The second-order valence-electron chi connectivity index (χ2n) is 7.48. The summed E-state index contributed by atoms with van der Waals surface area (Å²) in [6, 6.07) is 17.3. The normalized spacial score (nSPS) is 18.0. The SMILES string of the molecule is CN(C)c1ccc(C2=CC3=[N+](CCO2)c2ccccc2C3(C)C)cc1. The molecule has 2 aromatic carbocycles. The molecule has 128 valence electrons. The molecule has 0 radical (unpaired) electrons. The number of nitrogens with zero attached hydrogens (tertiary/aromatic N) is 2. The summed E-state index contributed by atoms with van der Waals surface area (Å²) < 4.78 is 8.53. The van der Waals surface area contributed by atoms with Gasteiger partial charge >= 0.3 is 0 Å². The van der Waals surface area contributed by atoms with Crippen molar-refractivity contribution in [2.45, 2.75) is 19.3 Å². The van der Waals surface area contributed by atoms with Crippen LogP contribution in [-0.4, -0.2) is 37.5 Å². The van der Waals surface area contributed by atoms with Gasteiger partial charge in [0.05, 0.1) is 5.41 Å². The number of anilines is 1. The Kier molecular flexibility index (Phi) is 3.68. The van der Waals surface area contributed by atoms with Gasteiger partial charge in [-0.2, -0.15) is 4.58 Å². The van der Waals surface area contributed by atoms with Gasteiger partial charge in [0, 0.05) is 43.1 Å². The van der Waals surface area contributed by atoms with Gasteiger partial charge in [-0.05, 0) is 38.1 Å². The fourth-order valence-corrected chi connectivity index (χ4v) is 3.85. The van der Waals surface area contributed by atoms with E-state index in [0.717, 1.165) is 17.9 Å². The van der Waals surface area contributed by atoms with Crippen LogP contribution in [-0.2, 0) is 10.2 Å². The van der Waals surface area contributed by atoms with Crippen LogP contribution in [0, 0.1) is 0 Å². The number of rotatable bonds is 2. The van der Waals surface area contributed by atoms with Crippen LogP contribution in [0.5, 0.6) is 0 Å². The number of fused-ring (bicyclic) bond motifs is 2. The van der Waals surface area contributed by atoms with E-state index in [4.69, 9.17) is 4.74 Å². The quantitative estimate of drug-likeness (QED) is 0.766. The maximum atomic E-state index is 6.12. The second-order valence-corrected chi connectivity index (χ2v) is 7.48. The summed E-state index contributed by atoms with van der Waals surface area (Å²) >= 11 is 0. The van der Waals surface area contributed by atoms with E-state index in [0.29, 0.717) is 6.61 Å². The van der Waals surface area contributed by atoms with E-state index in [1.54, 1.807) is 0 Å². The van der Waals surface area contributed by atoms with Crippen LogP contribution in [0.15, 0.2) is 54.6 Å². The molecule has 0 aliphatic carbocycles. The molecule has 3 nitrogen and oxygen atoms in total. The Hall–Kier alpha value is -2.55. The highest BCUT2D eigenvalue weighted by Gasteiger charge is 2.45. The number of allylic oxidation sites excluding steroid dienone is 1. The summed E-state index contributed by atoms with van der Waals surface area (Å²) in [5.41, 5.74) is 6.33. The monoisotopic (exact) mass is 333 g/mol. The van der Waals surface area contributed by atoms with Crippen molar-refractivity contribution in [3.05, 3.63) is 65.7 Å². The van der Waals surface area contributed by atoms with Crippen LogP contribution < -0.4 is 4.90 Å². The first kappa shape index (κ1) is 15.9. The fourth-order valence-electron chi connectivity index (χ4n) is 3.85. The van der Waals surface area contributed by atoms with Gasteiger partial charge < -0.3 is 9.64 Å². The molecule has 0 amide bonds. The maximum absolute atomic E-state index is 6.12. The molecule has 2 aliphatic rings. The van der Waals surface area contributed by atoms with Crippen molar-refractivity contribution >= 4 is 22.8 Å². The minimum atomic E-state index is -0.0148. The highest BCUT2D eigenvalue weighted by Crippen LogP contribution is 2.41. The van der Waals surface area contributed by atoms with Gasteiger partial charge in [0.25, 0.3) is 0 Å². The first-order valence-corrected chi connectivity index (χ1v) is 8.85. The van der Waals surface area contributed by atoms with Gasteiger partial charge in [-0.25, -0.2) is 0 Å². The average molecular weight is 333 g/mol. The second kappa shape index (κ2) is 5.76. The zero-order valence-corrected chi connectivity index (χ0v) is 15.4. The van der Waals surface area contributed by atoms with Gasteiger partial charge in [0.2, 0.25) is 5.69 Å². The van der Waals surface area contributed by atoms with Crippen LogP contribution in [0.4, 0.5) is 11.4 Å². The molecular weight excluding hydrogens is 308 g/mol. The Balaban J connectivity index is 1.78. The number of hydrogen-bond donors (Lipinski definition) is 0. The molecule has 0 saturated carbocycles. The first-order valence-electron chi connectivity index (χ1n) is 8.85. The molecule has 2 heterocycles. The van der Waals surface area contributed by atoms with Gasteiger partial charge in [-0.15, -0.1) is 0 Å². The lowest BCUT2D eigenvalue weighted by Crippen LogP contribution is -2.27. The van der Waals surface area contributed by atoms with E-state index < -0.39 is 0 Å². The van der Waals surface area contributed by atoms with Crippen molar-refractivity contribution < 1.29 is 9.31 Å². The van der Waals surface area contributed by atoms with Crippen LogP contribution in [0.1, 0.15) is 25.0 Å². The van der Waals surface area contributed by atoms with E-state index in [2.05, 4.69) is 92.0 Å². The maximum Gasteiger partial charge on any atom is 0.209 e. The number of ether oxygens (including phenoxy) is 1. The van der Waals surface area contributed by atoms with Gasteiger partial charge in [0.15, 0.2) is 12.3 Å². The summed E-state index contributed by atoms with van der Waals surface area (Å²) in [5, 5.41) is 0. The van der Waals surface area contributed by atoms with Crippen LogP contribution in [0.2, 0.25) is 0 Å². The number of benzene rings is 2. The molecule has 3 heteroatoms. The lowest BCUT2D eigenvalue weighted by molar-refractivity contribution is -0.439. The summed E-state index contributed by atoms with van der Waals surface area (Å²) in [6.07, 6.45) is 2.23. The van der Waals surface area contributed by atoms with Crippen LogP contribution >= 0.6 is 0 Å². The van der Waals surface area contributed by atoms with Crippen molar-refractivity contribution in [3.8, 4) is 0 Å². The topological polar surface area (TPSA) is 15.5 Å². The molecule has 0 unspecified atom stereocenters. The largest absolute Gasteiger partial charge is 0.486 e. The van der Waals surface area contributed by atoms with Gasteiger partial charge in [-0.1, -0.05) is 18.2 Å². The molecule has 0 aromatic heterocycles. The highest BCUT2D eigenvalue weighted by molar-refractivity contribution is 6.06. The van der Waals surface area contributed by atoms with Crippen molar-refractivity contribution in [3.63, 3.8) is 0 Å². The third-order valence-corrected chi connectivity index (χ3v) is 5.31.